The van der Waals surface area contributed by atoms with Crippen molar-refractivity contribution in [2.24, 2.45) is 5.41 Å². The zero-order chi connectivity index (χ0) is 14.8. The molecule has 0 amide bonds. The summed E-state index contributed by atoms with van der Waals surface area (Å²) in [6.45, 7) is 9.43. The number of nitro benzene ring substituents is 1. The van der Waals surface area contributed by atoms with Gasteiger partial charge in [0.2, 0.25) is 0 Å². The zero-order valence-corrected chi connectivity index (χ0v) is 13.7. The first-order chi connectivity index (χ1) is 8.64. The van der Waals surface area contributed by atoms with Crippen LogP contribution in [-0.2, 0) is 6.54 Å². The molecule has 0 N–H and O–H groups in total. The molecular formula is C14H21BrN2O2. The molecule has 0 spiro atoms. The van der Waals surface area contributed by atoms with Gasteiger partial charge in [0.1, 0.15) is 0 Å². The first kappa shape index (κ1) is 16.1. The molecule has 0 aromatic heterocycles. The van der Waals surface area contributed by atoms with Crippen LogP contribution in [0.1, 0.15) is 33.3 Å². The lowest BCUT2D eigenvalue weighted by Gasteiger charge is -2.35. The standard InChI is InChI=1S/C14H21BrN2O2/c1-10(14(2,3)4)16(5)9-11-7-6-8-12(13(11)15)17(18)19/h6-8,10H,9H2,1-5H3. The van der Waals surface area contributed by atoms with Gasteiger partial charge in [0.15, 0.2) is 0 Å². The molecule has 4 nitrogen and oxygen atoms in total. The van der Waals surface area contributed by atoms with Crippen LogP contribution in [0.2, 0.25) is 0 Å². The Morgan fingerprint density at radius 2 is 2.00 bits per heavy atom. The monoisotopic (exact) mass is 328 g/mol. The fourth-order valence-corrected chi connectivity index (χ4v) is 2.43. The number of halogens is 1. The Hall–Kier alpha value is -0.940. The molecule has 0 radical (unpaired) electrons. The van der Waals surface area contributed by atoms with Gasteiger partial charge in [-0.3, -0.25) is 15.0 Å². The fraction of sp³-hybridized carbons (Fsp3) is 0.571. The van der Waals surface area contributed by atoms with Gasteiger partial charge in [-0.25, -0.2) is 0 Å². The summed E-state index contributed by atoms with van der Waals surface area (Å²) in [5.41, 5.74) is 1.23. The molecule has 0 aliphatic carbocycles. The van der Waals surface area contributed by atoms with Gasteiger partial charge in [-0.1, -0.05) is 32.9 Å². The summed E-state index contributed by atoms with van der Waals surface area (Å²) in [6.07, 6.45) is 0. The van der Waals surface area contributed by atoms with Crippen LogP contribution in [0, 0.1) is 15.5 Å². The van der Waals surface area contributed by atoms with Gasteiger partial charge in [-0.2, -0.15) is 0 Å². The molecule has 1 atom stereocenters. The van der Waals surface area contributed by atoms with Crippen LogP contribution in [-0.4, -0.2) is 22.9 Å². The van der Waals surface area contributed by atoms with E-state index in [-0.39, 0.29) is 16.0 Å². The molecule has 0 saturated heterocycles. The van der Waals surface area contributed by atoms with E-state index in [2.05, 4.69) is 48.5 Å². The summed E-state index contributed by atoms with van der Waals surface area (Å²) < 4.78 is 0.577. The van der Waals surface area contributed by atoms with Crippen molar-refractivity contribution in [1.82, 2.24) is 4.90 Å². The third-order valence-electron chi connectivity index (χ3n) is 3.59. The molecule has 1 aromatic carbocycles. The molecule has 19 heavy (non-hydrogen) atoms. The smallest absolute Gasteiger partial charge is 0.283 e. The molecule has 1 unspecified atom stereocenters. The van der Waals surface area contributed by atoms with Crippen molar-refractivity contribution in [2.45, 2.75) is 40.3 Å². The second kappa shape index (κ2) is 6.01. The highest BCUT2D eigenvalue weighted by molar-refractivity contribution is 9.10. The molecule has 5 heteroatoms. The van der Waals surface area contributed by atoms with Crippen molar-refractivity contribution in [3.8, 4) is 0 Å². The Morgan fingerprint density at radius 1 is 1.42 bits per heavy atom. The average Bonchev–Trinajstić information content (AvgIpc) is 2.29. The third-order valence-corrected chi connectivity index (χ3v) is 4.50. The third kappa shape index (κ3) is 4.01. The van der Waals surface area contributed by atoms with Crippen molar-refractivity contribution in [3.05, 3.63) is 38.3 Å². The number of hydrogen-bond donors (Lipinski definition) is 0. The lowest BCUT2D eigenvalue weighted by Crippen LogP contribution is -2.38. The molecule has 106 valence electrons. The van der Waals surface area contributed by atoms with Crippen LogP contribution in [0.25, 0.3) is 0 Å². The van der Waals surface area contributed by atoms with Gasteiger partial charge in [0.05, 0.1) is 9.40 Å². The lowest BCUT2D eigenvalue weighted by atomic mass is 9.87. The minimum absolute atomic E-state index is 0.120. The van der Waals surface area contributed by atoms with Gasteiger partial charge < -0.3 is 0 Å². The number of rotatable bonds is 4. The fourth-order valence-electron chi connectivity index (χ4n) is 1.90. The predicted molar refractivity (Wildman–Crippen MR) is 81.2 cm³/mol. The van der Waals surface area contributed by atoms with Crippen LogP contribution >= 0.6 is 15.9 Å². The van der Waals surface area contributed by atoms with Gasteiger partial charge in [0, 0.05) is 18.7 Å². The highest BCUT2D eigenvalue weighted by Gasteiger charge is 2.25. The van der Waals surface area contributed by atoms with Crippen molar-refractivity contribution in [1.29, 1.82) is 0 Å². The normalized spacial score (nSPS) is 13.6. The molecule has 0 aliphatic rings. The van der Waals surface area contributed by atoms with E-state index in [0.29, 0.717) is 17.1 Å². The molecular weight excluding hydrogens is 308 g/mol. The van der Waals surface area contributed by atoms with Gasteiger partial charge in [-0.05, 0) is 40.9 Å². The summed E-state index contributed by atoms with van der Waals surface area (Å²) in [4.78, 5) is 12.8. The van der Waals surface area contributed by atoms with Gasteiger partial charge >= 0.3 is 0 Å². The van der Waals surface area contributed by atoms with Crippen LogP contribution in [0.15, 0.2) is 22.7 Å². The largest absolute Gasteiger partial charge is 0.299 e. The Bertz CT molecular complexity index is 469. The maximum absolute atomic E-state index is 10.9. The summed E-state index contributed by atoms with van der Waals surface area (Å²) >= 11 is 3.34. The number of hydrogen-bond acceptors (Lipinski definition) is 3. The maximum atomic E-state index is 10.9. The summed E-state index contributed by atoms with van der Waals surface area (Å²) in [6, 6.07) is 5.54. The van der Waals surface area contributed by atoms with Crippen LogP contribution in [0.3, 0.4) is 0 Å². The van der Waals surface area contributed by atoms with E-state index < -0.39 is 0 Å². The summed E-state index contributed by atoms with van der Waals surface area (Å²) in [5, 5.41) is 10.9. The highest BCUT2D eigenvalue weighted by atomic mass is 79.9. The van der Waals surface area contributed by atoms with Crippen LogP contribution in [0.4, 0.5) is 5.69 Å². The Labute approximate surface area is 123 Å². The Balaban J connectivity index is 2.95. The quantitative estimate of drug-likeness (QED) is 0.614. The van der Waals surface area contributed by atoms with E-state index in [0.717, 1.165) is 5.56 Å². The van der Waals surface area contributed by atoms with Gasteiger partial charge in [0.25, 0.3) is 5.69 Å². The Kier molecular flexibility index (Phi) is 5.10. The molecule has 0 bridgehead atoms. The van der Waals surface area contributed by atoms with E-state index >= 15 is 0 Å². The van der Waals surface area contributed by atoms with Crippen molar-refractivity contribution < 1.29 is 4.92 Å². The van der Waals surface area contributed by atoms with E-state index in [4.69, 9.17) is 0 Å². The van der Waals surface area contributed by atoms with Crippen molar-refractivity contribution in [2.75, 3.05) is 7.05 Å². The van der Waals surface area contributed by atoms with E-state index in [1.165, 1.54) is 6.07 Å². The van der Waals surface area contributed by atoms with Crippen LogP contribution in [0.5, 0.6) is 0 Å². The molecule has 0 aliphatic heterocycles. The minimum Gasteiger partial charge on any atom is -0.299 e. The molecule has 1 aromatic rings. The van der Waals surface area contributed by atoms with Crippen LogP contribution < -0.4 is 0 Å². The average molecular weight is 329 g/mol. The second-order valence-corrected chi connectivity index (χ2v) is 6.76. The molecule has 0 saturated carbocycles. The summed E-state index contributed by atoms with van der Waals surface area (Å²) in [5.74, 6) is 0. The predicted octanol–water partition coefficient (Wildman–Crippen LogP) is 4.22. The minimum atomic E-state index is -0.360. The topological polar surface area (TPSA) is 46.4 Å². The molecule has 0 heterocycles. The molecule has 1 rings (SSSR count). The summed E-state index contributed by atoms with van der Waals surface area (Å²) in [7, 11) is 2.04. The molecule has 0 fully saturated rings. The van der Waals surface area contributed by atoms with Gasteiger partial charge in [-0.15, -0.1) is 0 Å². The maximum Gasteiger partial charge on any atom is 0.283 e. The Morgan fingerprint density at radius 3 is 2.47 bits per heavy atom. The number of nitro groups is 1. The second-order valence-electron chi connectivity index (χ2n) is 5.96. The first-order valence-electron chi connectivity index (χ1n) is 6.26. The first-order valence-corrected chi connectivity index (χ1v) is 7.06. The highest BCUT2D eigenvalue weighted by Crippen LogP contribution is 2.30. The van der Waals surface area contributed by atoms with Crippen molar-refractivity contribution in [3.63, 3.8) is 0 Å². The van der Waals surface area contributed by atoms with E-state index in [9.17, 15) is 10.1 Å². The SMILES string of the molecule is CC(N(C)Cc1cccc([N+](=O)[O-])c1Br)C(C)(C)C. The van der Waals surface area contributed by atoms with E-state index in [1.54, 1.807) is 6.07 Å². The lowest BCUT2D eigenvalue weighted by molar-refractivity contribution is -0.385. The van der Waals surface area contributed by atoms with Crippen molar-refractivity contribution >= 4 is 21.6 Å². The number of nitrogens with zero attached hydrogens (tertiary/aromatic N) is 2. The zero-order valence-electron chi connectivity index (χ0n) is 12.1. The number of benzene rings is 1. The van der Waals surface area contributed by atoms with E-state index in [1.807, 2.05) is 13.1 Å².